The van der Waals surface area contributed by atoms with Crippen LogP contribution in [0.3, 0.4) is 0 Å². The molecular formula is C24H25N3O3. The minimum Gasteiger partial charge on any atom is -0.441 e. The fraction of sp³-hybridized carbons (Fsp3) is 0.292. The van der Waals surface area contributed by atoms with Gasteiger partial charge in [0.2, 0.25) is 5.91 Å². The van der Waals surface area contributed by atoms with Crippen LogP contribution < -0.4 is 4.90 Å². The van der Waals surface area contributed by atoms with Crippen molar-refractivity contribution in [3.63, 3.8) is 0 Å². The van der Waals surface area contributed by atoms with Crippen molar-refractivity contribution < 1.29 is 14.0 Å². The molecular weight excluding hydrogens is 378 g/mol. The summed E-state index contributed by atoms with van der Waals surface area (Å²) in [6.45, 7) is 4.51. The van der Waals surface area contributed by atoms with Crippen LogP contribution in [0.1, 0.15) is 29.6 Å². The molecule has 2 heterocycles. The minimum atomic E-state index is 0.0684. The third kappa shape index (κ3) is 4.59. The van der Waals surface area contributed by atoms with Gasteiger partial charge < -0.3 is 14.2 Å². The third-order valence-corrected chi connectivity index (χ3v) is 5.44. The van der Waals surface area contributed by atoms with Gasteiger partial charge in [0.1, 0.15) is 0 Å². The molecule has 6 heteroatoms. The van der Waals surface area contributed by atoms with Crippen LogP contribution in [0.2, 0.25) is 0 Å². The van der Waals surface area contributed by atoms with Crippen molar-refractivity contribution in [2.24, 2.45) is 0 Å². The minimum absolute atomic E-state index is 0.0684. The van der Waals surface area contributed by atoms with Crippen LogP contribution in [0.4, 0.5) is 5.69 Å². The van der Waals surface area contributed by atoms with Crippen molar-refractivity contribution in [1.29, 1.82) is 0 Å². The quantitative estimate of drug-likeness (QED) is 0.585. The molecule has 1 aromatic heterocycles. The number of aromatic nitrogens is 1. The maximum atomic E-state index is 12.6. The summed E-state index contributed by atoms with van der Waals surface area (Å²) >= 11 is 0. The van der Waals surface area contributed by atoms with Gasteiger partial charge in [0.05, 0.1) is 6.20 Å². The van der Waals surface area contributed by atoms with E-state index in [4.69, 9.17) is 4.42 Å². The summed E-state index contributed by atoms with van der Waals surface area (Å²) in [6.07, 6.45) is 2.60. The lowest BCUT2D eigenvalue weighted by Crippen LogP contribution is -2.48. The van der Waals surface area contributed by atoms with Gasteiger partial charge in [-0.1, -0.05) is 30.3 Å². The van der Waals surface area contributed by atoms with Gasteiger partial charge in [-0.05, 0) is 31.2 Å². The zero-order valence-electron chi connectivity index (χ0n) is 17.1. The van der Waals surface area contributed by atoms with Crippen LogP contribution in [-0.2, 0) is 11.2 Å². The normalized spacial score (nSPS) is 14.0. The molecule has 2 aromatic carbocycles. The number of aryl methyl sites for hydroxylation is 1. The molecule has 1 amide bonds. The first-order chi connectivity index (χ1) is 14.6. The lowest BCUT2D eigenvalue weighted by atomic mass is 10.1. The van der Waals surface area contributed by atoms with Crippen molar-refractivity contribution in [1.82, 2.24) is 9.88 Å². The number of carbonyl (C=O) groups excluding carboxylic acids is 2. The summed E-state index contributed by atoms with van der Waals surface area (Å²) in [6, 6.07) is 17.5. The number of anilines is 1. The molecule has 0 radical (unpaired) electrons. The van der Waals surface area contributed by atoms with E-state index in [2.05, 4.69) is 9.88 Å². The number of rotatable bonds is 6. The monoisotopic (exact) mass is 403 g/mol. The highest BCUT2D eigenvalue weighted by Crippen LogP contribution is 2.21. The number of benzene rings is 2. The number of nitrogens with zero attached hydrogens (tertiary/aromatic N) is 3. The van der Waals surface area contributed by atoms with Crippen LogP contribution in [0.15, 0.2) is 65.2 Å². The maximum absolute atomic E-state index is 12.6. The van der Waals surface area contributed by atoms with E-state index in [1.54, 1.807) is 13.1 Å². The van der Waals surface area contributed by atoms with E-state index in [0.717, 1.165) is 35.7 Å². The molecule has 1 aliphatic rings. The smallest absolute Gasteiger partial charge is 0.223 e. The first-order valence-electron chi connectivity index (χ1n) is 10.2. The van der Waals surface area contributed by atoms with Crippen molar-refractivity contribution in [2.45, 2.75) is 19.8 Å². The molecule has 0 spiro atoms. The molecule has 0 bridgehead atoms. The Bertz CT molecular complexity index is 1000. The lowest BCUT2D eigenvalue weighted by Gasteiger charge is -2.36. The molecule has 6 nitrogen and oxygen atoms in total. The van der Waals surface area contributed by atoms with Crippen molar-refractivity contribution in [3.8, 4) is 11.3 Å². The average Bonchev–Trinajstić information content (AvgIpc) is 3.27. The van der Waals surface area contributed by atoms with Gasteiger partial charge >= 0.3 is 0 Å². The number of piperazine rings is 1. The number of Topliss-reactive ketones (excluding diaryl/α,β-unsaturated/α-hetero) is 1. The summed E-state index contributed by atoms with van der Waals surface area (Å²) in [5.41, 5.74) is 2.78. The second-order valence-electron chi connectivity index (χ2n) is 7.46. The standard InChI is InChI=1S/C24H25N3O3/c1-18(28)19-7-9-21(10-8-19)26-13-15-27(16-14-26)24(29)12-11-23-25-17-22(30-23)20-5-3-2-4-6-20/h2-10,17H,11-16H2,1H3. The topological polar surface area (TPSA) is 66.7 Å². The molecule has 0 unspecified atom stereocenters. The Balaban J connectivity index is 1.26. The highest BCUT2D eigenvalue weighted by atomic mass is 16.4. The molecule has 3 aromatic rings. The molecule has 0 saturated carbocycles. The molecule has 0 aliphatic carbocycles. The number of amides is 1. The van der Waals surface area contributed by atoms with Crippen molar-refractivity contribution in [2.75, 3.05) is 31.1 Å². The van der Waals surface area contributed by atoms with E-state index in [1.165, 1.54) is 0 Å². The Morgan fingerprint density at radius 3 is 2.33 bits per heavy atom. The lowest BCUT2D eigenvalue weighted by molar-refractivity contribution is -0.131. The van der Waals surface area contributed by atoms with Crippen LogP contribution in [-0.4, -0.2) is 47.8 Å². The predicted molar refractivity (Wildman–Crippen MR) is 115 cm³/mol. The predicted octanol–water partition coefficient (Wildman–Crippen LogP) is 3.83. The molecule has 4 rings (SSSR count). The van der Waals surface area contributed by atoms with E-state index in [9.17, 15) is 9.59 Å². The number of oxazole rings is 1. The summed E-state index contributed by atoms with van der Waals surface area (Å²) in [5.74, 6) is 1.51. The second-order valence-corrected chi connectivity index (χ2v) is 7.46. The SMILES string of the molecule is CC(=O)c1ccc(N2CCN(C(=O)CCc3ncc(-c4ccccc4)o3)CC2)cc1. The van der Waals surface area contributed by atoms with E-state index in [-0.39, 0.29) is 11.7 Å². The maximum Gasteiger partial charge on any atom is 0.223 e. The van der Waals surface area contributed by atoms with Gasteiger partial charge in [-0.15, -0.1) is 0 Å². The zero-order chi connectivity index (χ0) is 20.9. The molecule has 0 atom stereocenters. The number of carbonyl (C=O) groups is 2. The van der Waals surface area contributed by atoms with E-state index in [0.29, 0.717) is 31.8 Å². The molecule has 0 N–H and O–H groups in total. The van der Waals surface area contributed by atoms with Gasteiger partial charge in [0.15, 0.2) is 17.4 Å². The summed E-state index contributed by atoms with van der Waals surface area (Å²) < 4.78 is 5.79. The average molecular weight is 403 g/mol. The van der Waals surface area contributed by atoms with Crippen LogP contribution in [0.5, 0.6) is 0 Å². The summed E-state index contributed by atoms with van der Waals surface area (Å²) in [7, 11) is 0. The highest BCUT2D eigenvalue weighted by Gasteiger charge is 2.21. The Morgan fingerprint density at radius 1 is 0.967 bits per heavy atom. The number of hydrogen-bond acceptors (Lipinski definition) is 5. The van der Waals surface area contributed by atoms with E-state index >= 15 is 0 Å². The Morgan fingerprint density at radius 2 is 1.67 bits per heavy atom. The summed E-state index contributed by atoms with van der Waals surface area (Å²) in [4.78, 5) is 32.5. The Hall–Kier alpha value is -3.41. The van der Waals surface area contributed by atoms with Crippen LogP contribution in [0.25, 0.3) is 11.3 Å². The van der Waals surface area contributed by atoms with Gasteiger partial charge in [0, 0.05) is 55.8 Å². The van der Waals surface area contributed by atoms with E-state index < -0.39 is 0 Å². The molecule has 1 aliphatic heterocycles. The van der Waals surface area contributed by atoms with Gasteiger partial charge in [-0.3, -0.25) is 9.59 Å². The molecule has 1 saturated heterocycles. The molecule has 30 heavy (non-hydrogen) atoms. The first kappa shape index (κ1) is 19.9. The number of ketones is 1. The van der Waals surface area contributed by atoms with Crippen LogP contribution >= 0.6 is 0 Å². The second kappa shape index (κ2) is 8.95. The van der Waals surface area contributed by atoms with Gasteiger partial charge in [0.25, 0.3) is 0 Å². The number of hydrogen-bond donors (Lipinski definition) is 0. The summed E-state index contributed by atoms with van der Waals surface area (Å²) in [5, 5.41) is 0. The molecule has 1 fully saturated rings. The first-order valence-corrected chi connectivity index (χ1v) is 10.2. The fourth-order valence-electron chi connectivity index (χ4n) is 3.65. The largest absolute Gasteiger partial charge is 0.441 e. The Labute approximate surface area is 176 Å². The van der Waals surface area contributed by atoms with Crippen LogP contribution in [0, 0.1) is 0 Å². The fourth-order valence-corrected chi connectivity index (χ4v) is 3.65. The van der Waals surface area contributed by atoms with Crippen molar-refractivity contribution in [3.05, 3.63) is 72.2 Å². The van der Waals surface area contributed by atoms with Gasteiger partial charge in [-0.25, -0.2) is 4.98 Å². The third-order valence-electron chi connectivity index (χ3n) is 5.44. The van der Waals surface area contributed by atoms with Gasteiger partial charge in [-0.2, -0.15) is 0 Å². The molecule has 154 valence electrons. The Kier molecular flexibility index (Phi) is 5.93. The highest BCUT2D eigenvalue weighted by molar-refractivity contribution is 5.94. The van der Waals surface area contributed by atoms with Crippen molar-refractivity contribution >= 4 is 17.4 Å². The zero-order valence-corrected chi connectivity index (χ0v) is 17.1. The van der Waals surface area contributed by atoms with E-state index in [1.807, 2.05) is 59.5 Å².